The van der Waals surface area contributed by atoms with E-state index in [2.05, 4.69) is 5.32 Å². The Morgan fingerprint density at radius 3 is 2.63 bits per heavy atom. The average molecular weight is 282 g/mol. The fraction of sp³-hybridized carbons (Fsp3) is 0.333. The monoisotopic (exact) mass is 282 g/mol. The van der Waals surface area contributed by atoms with Gasteiger partial charge in [-0.3, -0.25) is 9.59 Å². The van der Waals surface area contributed by atoms with Gasteiger partial charge in [-0.05, 0) is 24.6 Å². The van der Waals surface area contributed by atoms with Crippen molar-refractivity contribution in [3.8, 4) is 0 Å². The first-order valence-electron chi connectivity index (χ1n) is 5.78. The second-order valence-corrected chi connectivity index (χ2v) is 6.76. The van der Waals surface area contributed by atoms with E-state index in [1.54, 1.807) is 12.1 Å². The Balaban J connectivity index is 2.07. The second kappa shape index (κ2) is 5.00. The van der Waals surface area contributed by atoms with E-state index in [1.807, 2.05) is 0 Å². The molecule has 1 heterocycles. The van der Waals surface area contributed by atoms with Crippen molar-refractivity contribution in [2.45, 2.75) is 6.42 Å². The molecule has 0 unspecified atom stereocenters. The molecule has 0 aliphatic carbocycles. The number of nitrogens with one attached hydrogen (secondary N) is 1. The fourth-order valence-corrected chi connectivity index (χ4v) is 3.74. The quantitative estimate of drug-likeness (QED) is 0.823. The Morgan fingerprint density at radius 1 is 1.32 bits per heavy atom. The summed E-state index contributed by atoms with van der Waals surface area (Å²) in [4.78, 5) is 22.9. The van der Waals surface area contributed by atoms with Crippen LogP contribution in [0, 0.1) is 5.92 Å². The summed E-state index contributed by atoms with van der Waals surface area (Å²) in [7, 11) is -3.09. The molecule has 0 spiro atoms. The van der Waals surface area contributed by atoms with Crippen molar-refractivity contribution in [1.29, 1.82) is 0 Å². The summed E-state index contributed by atoms with van der Waals surface area (Å²) in [5.74, 6) is -1.52. The lowest BCUT2D eigenvalue weighted by molar-refractivity contribution is -0.119. The topological polar surface area (TPSA) is 106 Å². The summed E-state index contributed by atoms with van der Waals surface area (Å²) in [6, 6.07) is 6.22. The molecule has 1 aromatic rings. The van der Waals surface area contributed by atoms with Gasteiger partial charge in [0, 0.05) is 11.3 Å². The van der Waals surface area contributed by atoms with Crippen molar-refractivity contribution in [2.75, 3.05) is 16.8 Å². The van der Waals surface area contributed by atoms with Gasteiger partial charge in [0.2, 0.25) is 11.8 Å². The van der Waals surface area contributed by atoms with Gasteiger partial charge >= 0.3 is 0 Å². The predicted molar refractivity (Wildman–Crippen MR) is 70.4 cm³/mol. The number of rotatable bonds is 3. The molecule has 6 nitrogen and oxygen atoms in total. The molecule has 3 N–H and O–H groups in total. The van der Waals surface area contributed by atoms with E-state index in [-0.39, 0.29) is 23.0 Å². The molecule has 1 fully saturated rings. The number of hydrogen-bond acceptors (Lipinski definition) is 4. The molecule has 0 aromatic heterocycles. The van der Waals surface area contributed by atoms with Crippen LogP contribution in [0.25, 0.3) is 0 Å². The van der Waals surface area contributed by atoms with Gasteiger partial charge in [0.05, 0.1) is 17.4 Å². The zero-order valence-corrected chi connectivity index (χ0v) is 10.9. The van der Waals surface area contributed by atoms with Gasteiger partial charge in [0.1, 0.15) is 0 Å². The highest BCUT2D eigenvalue weighted by Crippen LogP contribution is 2.20. The Morgan fingerprint density at radius 2 is 2.05 bits per heavy atom. The summed E-state index contributed by atoms with van der Waals surface area (Å²) in [6.07, 6.45) is 0.337. The van der Waals surface area contributed by atoms with E-state index in [0.717, 1.165) is 0 Å². The Labute approximate surface area is 110 Å². The van der Waals surface area contributed by atoms with E-state index in [9.17, 15) is 18.0 Å². The highest BCUT2D eigenvalue weighted by atomic mass is 32.2. The van der Waals surface area contributed by atoms with Crippen LogP contribution in [-0.4, -0.2) is 31.7 Å². The van der Waals surface area contributed by atoms with Crippen LogP contribution in [0.3, 0.4) is 0 Å². The highest BCUT2D eigenvalue weighted by molar-refractivity contribution is 7.91. The van der Waals surface area contributed by atoms with Gasteiger partial charge in [-0.2, -0.15) is 0 Å². The molecular formula is C12H14N2O4S. The molecule has 0 bridgehead atoms. The molecule has 2 amide bonds. The van der Waals surface area contributed by atoms with Crippen molar-refractivity contribution >= 4 is 27.3 Å². The maximum absolute atomic E-state index is 11.9. The summed E-state index contributed by atoms with van der Waals surface area (Å²) >= 11 is 0. The van der Waals surface area contributed by atoms with Crippen LogP contribution in [0.4, 0.5) is 5.69 Å². The molecule has 0 radical (unpaired) electrons. The second-order valence-electron chi connectivity index (χ2n) is 4.53. The minimum Gasteiger partial charge on any atom is -0.366 e. The first-order valence-corrected chi connectivity index (χ1v) is 7.61. The number of nitrogens with two attached hydrogens (primary N) is 1. The fourth-order valence-electron chi connectivity index (χ4n) is 2.00. The highest BCUT2D eigenvalue weighted by Gasteiger charge is 2.32. The first kappa shape index (κ1) is 13.5. The van der Waals surface area contributed by atoms with Gasteiger partial charge in [-0.1, -0.05) is 6.07 Å². The zero-order valence-electron chi connectivity index (χ0n) is 10.1. The Bertz CT molecular complexity index is 624. The predicted octanol–water partition coefficient (Wildman–Crippen LogP) is 0.159. The molecular weight excluding hydrogens is 268 g/mol. The van der Waals surface area contributed by atoms with Crippen molar-refractivity contribution in [3.63, 3.8) is 0 Å². The third kappa shape index (κ3) is 3.31. The number of carbonyl (C=O) groups is 2. The van der Waals surface area contributed by atoms with Crippen molar-refractivity contribution in [1.82, 2.24) is 0 Å². The molecule has 1 aliphatic rings. The van der Waals surface area contributed by atoms with Crippen LogP contribution in [0.1, 0.15) is 16.8 Å². The summed E-state index contributed by atoms with van der Waals surface area (Å²) < 4.78 is 22.6. The number of carbonyl (C=O) groups excluding carboxylic acids is 2. The molecule has 2 rings (SSSR count). The number of benzene rings is 1. The standard InChI is InChI=1S/C12H14N2O4S/c13-11(15)8-2-1-3-10(6-8)14-12(16)9-4-5-19(17,18)7-9/h1-3,6,9H,4-5,7H2,(H2,13,15)(H,14,16)/t9-/m0/s1. The van der Waals surface area contributed by atoms with E-state index in [1.165, 1.54) is 12.1 Å². The van der Waals surface area contributed by atoms with Gasteiger partial charge < -0.3 is 11.1 Å². The smallest absolute Gasteiger partial charge is 0.248 e. The lowest BCUT2D eigenvalue weighted by atomic mass is 10.1. The molecule has 19 heavy (non-hydrogen) atoms. The van der Waals surface area contributed by atoms with Crippen LogP contribution < -0.4 is 11.1 Å². The number of anilines is 1. The lowest BCUT2D eigenvalue weighted by Gasteiger charge is -2.09. The molecule has 1 aromatic carbocycles. The van der Waals surface area contributed by atoms with E-state index >= 15 is 0 Å². The van der Waals surface area contributed by atoms with E-state index in [0.29, 0.717) is 12.1 Å². The van der Waals surface area contributed by atoms with Gasteiger partial charge in [-0.15, -0.1) is 0 Å². The number of primary amides is 1. The molecule has 1 saturated heterocycles. The SMILES string of the molecule is NC(=O)c1cccc(NC(=O)[C@H]2CCS(=O)(=O)C2)c1. The maximum atomic E-state index is 11.9. The summed E-state index contributed by atoms with van der Waals surface area (Å²) in [6.45, 7) is 0. The number of amides is 2. The molecule has 1 atom stereocenters. The van der Waals surface area contributed by atoms with Gasteiger partial charge in [-0.25, -0.2) is 8.42 Å². The zero-order chi connectivity index (χ0) is 14.0. The summed E-state index contributed by atoms with van der Waals surface area (Å²) in [5.41, 5.74) is 5.86. The molecule has 0 saturated carbocycles. The van der Waals surface area contributed by atoms with Gasteiger partial charge in [0.15, 0.2) is 9.84 Å². The Kier molecular flexibility index (Phi) is 3.57. The van der Waals surface area contributed by atoms with Crippen LogP contribution >= 0.6 is 0 Å². The van der Waals surface area contributed by atoms with Crippen LogP contribution in [0.2, 0.25) is 0 Å². The van der Waals surface area contributed by atoms with Crippen molar-refractivity contribution in [3.05, 3.63) is 29.8 Å². The van der Waals surface area contributed by atoms with Crippen LogP contribution in [0.15, 0.2) is 24.3 Å². The average Bonchev–Trinajstić information content (AvgIpc) is 2.70. The maximum Gasteiger partial charge on any atom is 0.248 e. The minimum absolute atomic E-state index is 0.0480. The number of hydrogen-bond donors (Lipinski definition) is 2. The molecule has 1 aliphatic heterocycles. The van der Waals surface area contributed by atoms with Crippen molar-refractivity contribution < 1.29 is 18.0 Å². The largest absolute Gasteiger partial charge is 0.366 e. The Hall–Kier alpha value is -1.89. The lowest BCUT2D eigenvalue weighted by Crippen LogP contribution is -2.24. The molecule has 7 heteroatoms. The van der Waals surface area contributed by atoms with E-state index in [4.69, 9.17) is 5.73 Å². The van der Waals surface area contributed by atoms with Gasteiger partial charge in [0.25, 0.3) is 0 Å². The minimum atomic E-state index is -3.09. The third-order valence-electron chi connectivity index (χ3n) is 3.02. The van der Waals surface area contributed by atoms with Crippen LogP contribution in [-0.2, 0) is 14.6 Å². The van der Waals surface area contributed by atoms with Crippen LogP contribution in [0.5, 0.6) is 0 Å². The summed E-state index contributed by atoms with van der Waals surface area (Å²) in [5, 5.41) is 2.61. The normalized spacial score (nSPS) is 20.9. The van der Waals surface area contributed by atoms with E-state index < -0.39 is 21.7 Å². The number of sulfone groups is 1. The molecule has 102 valence electrons. The third-order valence-corrected chi connectivity index (χ3v) is 4.79. The first-order chi connectivity index (χ1) is 8.87. The van der Waals surface area contributed by atoms with Crippen molar-refractivity contribution in [2.24, 2.45) is 11.7 Å².